The molecule has 0 amide bonds. The van der Waals surface area contributed by atoms with Crippen LogP contribution in [0.4, 0.5) is 0 Å². The van der Waals surface area contributed by atoms with Gasteiger partial charge in [-0.15, -0.1) is 23.5 Å². The van der Waals surface area contributed by atoms with Crippen molar-refractivity contribution < 1.29 is 24.2 Å². The van der Waals surface area contributed by atoms with Gasteiger partial charge in [0.2, 0.25) is 0 Å². The molecule has 3 fully saturated rings. The Hall–Kier alpha value is -1.13. The molecule has 0 aromatic rings. The van der Waals surface area contributed by atoms with Gasteiger partial charge in [-0.2, -0.15) is 0 Å². The number of piperazine rings is 1. The predicted octanol–water partition coefficient (Wildman–Crippen LogP) is 0.959. The summed E-state index contributed by atoms with van der Waals surface area (Å²) in [5, 5.41) is 9.78. The van der Waals surface area contributed by atoms with Crippen molar-refractivity contribution in [1.29, 1.82) is 0 Å². The normalized spacial score (nSPS) is 40.2. The summed E-state index contributed by atoms with van der Waals surface area (Å²) in [5.41, 5.74) is 1.16. The van der Waals surface area contributed by atoms with Crippen molar-refractivity contribution >= 4 is 41.1 Å². The molecular formula is C19H22N2O5S2. The van der Waals surface area contributed by atoms with Gasteiger partial charge in [0.15, 0.2) is 11.6 Å². The van der Waals surface area contributed by atoms with Crippen LogP contribution in [-0.2, 0) is 19.1 Å². The molecule has 2 bridgehead atoms. The summed E-state index contributed by atoms with van der Waals surface area (Å²) >= 11 is 2.65. The summed E-state index contributed by atoms with van der Waals surface area (Å²) < 4.78 is 6.12. The van der Waals surface area contributed by atoms with E-state index < -0.39 is 11.9 Å². The van der Waals surface area contributed by atoms with E-state index in [1.54, 1.807) is 0 Å². The number of carbonyl (C=O) groups excluding carboxylic acids is 2. The number of allylic oxidation sites excluding steroid dienone is 2. The van der Waals surface area contributed by atoms with Crippen molar-refractivity contribution in [1.82, 2.24) is 9.80 Å². The van der Waals surface area contributed by atoms with Crippen molar-refractivity contribution in [3.05, 3.63) is 21.0 Å². The standard InChI is InChI=1S/C19H22N2O5S2/c1-20-10-5-8(19(24)25)13(20)9-4-7-12(11-6-26-18(10)21(9)11)15(23)17(28-3)16(27-2)14(7)22/h8-11,13,18H,4-6H2,1-3H3,(H,24,25)/t8-,9+,10+,11+,13-,18?/m1/s1. The summed E-state index contributed by atoms with van der Waals surface area (Å²) in [6.07, 6.45) is 4.38. The first kappa shape index (κ1) is 18.9. The Bertz CT molecular complexity index is 868. The Kier molecular flexibility index (Phi) is 4.34. The third-order valence-electron chi connectivity index (χ3n) is 7.02. The molecule has 5 rings (SSSR count). The second-order valence-electron chi connectivity index (χ2n) is 7.98. The number of rotatable bonds is 3. The molecule has 3 saturated heterocycles. The van der Waals surface area contributed by atoms with E-state index in [0.717, 1.165) is 0 Å². The smallest absolute Gasteiger partial charge is 0.308 e. The molecular weight excluding hydrogens is 400 g/mol. The largest absolute Gasteiger partial charge is 0.481 e. The van der Waals surface area contributed by atoms with Gasteiger partial charge in [0.1, 0.15) is 6.23 Å². The fraction of sp³-hybridized carbons (Fsp3) is 0.632. The Morgan fingerprint density at radius 1 is 1.14 bits per heavy atom. The van der Waals surface area contributed by atoms with Crippen LogP contribution < -0.4 is 0 Å². The summed E-state index contributed by atoms with van der Waals surface area (Å²) in [5.74, 6) is -1.40. The molecule has 1 unspecified atom stereocenters. The van der Waals surface area contributed by atoms with Crippen LogP contribution in [0.5, 0.6) is 0 Å². The van der Waals surface area contributed by atoms with E-state index in [1.165, 1.54) is 23.5 Å². The molecule has 0 saturated carbocycles. The fourth-order valence-corrected chi connectivity index (χ4v) is 7.60. The number of ketones is 2. The van der Waals surface area contributed by atoms with Crippen molar-refractivity contribution in [3.8, 4) is 0 Å². The van der Waals surface area contributed by atoms with Crippen LogP contribution in [0.2, 0.25) is 0 Å². The van der Waals surface area contributed by atoms with E-state index in [-0.39, 0.29) is 42.0 Å². The van der Waals surface area contributed by atoms with E-state index in [1.807, 2.05) is 19.6 Å². The lowest BCUT2D eigenvalue weighted by molar-refractivity contribution is -0.144. The maximum absolute atomic E-state index is 13.3. The highest BCUT2D eigenvalue weighted by molar-refractivity contribution is 8.07. The first-order chi connectivity index (χ1) is 13.4. The highest BCUT2D eigenvalue weighted by Crippen LogP contribution is 2.51. The number of aliphatic carboxylic acids is 1. The number of hydrogen-bond donors (Lipinski definition) is 1. The molecule has 5 aliphatic rings. The minimum Gasteiger partial charge on any atom is -0.481 e. The number of likely N-dealkylation sites (N-methyl/N-ethyl adjacent to an activating group) is 1. The van der Waals surface area contributed by atoms with Gasteiger partial charge < -0.3 is 9.84 Å². The molecule has 0 spiro atoms. The van der Waals surface area contributed by atoms with Gasteiger partial charge in [-0.1, -0.05) is 0 Å². The Labute approximate surface area is 171 Å². The number of thioether (sulfide) groups is 2. The van der Waals surface area contributed by atoms with Crippen molar-refractivity contribution in [2.75, 3.05) is 26.2 Å². The maximum Gasteiger partial charge on any atom is 0.308 e. The molecule has 4 aliphatic heterocycles. The lowest BCUT2D eigenvalue weighted by Gasteiger charge is -2.52. The number of Topliss-reactive ketones (excluding diaryl/α,β-unsaturated/α-hetero) is 2. The first-order valence-corrected chi connectivity index (χ1v) is 11.8. The second kappa shape index (κ2) is 6.43. The molecule has 150 valence electrons. The second-order valence-corrected chi connectivity index (χ2v) is 9.61. The zero-order valence-electron chi connectivity index (χ0n) is 15.9. The lowest BCUT2D eigenvalue weighted by atomic mass is 9.77. The van der Waals surface area contributed by atoms with Crippen LogP contribution in [-0.4, -0.2) is 89.0 Å². The van der Waals surface area contributed by atoms with Crippen LogP contribution in [0.3, 0.4) is 0 Å². The first-order valence-electron chi connectivity index (χ1n) is 9.39. The highest BCUT2D eigenvalue weighted by Gasteiger charge is 2.63. The Morgan fingerprint density at radius 3 is 2.46 bits per heavy atom. The van der Waals surface area contributed by atoms with Gasteiger partial charge in [0.05, 0.1) is 34.4 Å². The molecule has 6 atom stereocenters. The van der Waals surface area contributed by atoms with Crippen LogP contribution in [0, 0.1) is 5.92 Å². The summed E-state index contributed by atoms with van der Waals surface area (Å²) in [7, 11) is 1.96. The molecule has 9 heteroatoms. The van der Waals surface area contributed by atoms with Crippen LogP contribution in [0.25, 0.3) is 0 Å². The van der Waals surface area contributed by atoms with E-state index in [9.17, 15) is 19.5 Å². The van der Waals surface area contributed by atoms with Gasteiger partial charge in [0.25, 0.3) is 0 Å². The minimum absolute atomic E-state index is 0.00113. The fourth-order valence-electron chi connectivity index (χ4n) is 5.94. The van der Waals surface area contributed by atoms with Gasteiger partial charge in [-0.3, -0.25) is 24.2 Å². The van der Waals surface area contributed by atoms with Crippen molar-refractivity contribution in [2.24, 2.45) is 5.92 Å². The number of carboxylic acid groups (broad SMARTS) is 1. The highest BCUT2D eigenvalue weighted by atomic mass is 32.2. The van der Waals surface area contributed by atoms with Crippen LogP contribution >= 0.6 is 23.5 Å². The molecule has 0 radical (unpaired) electrons. The number of nitrogens with zero attached hydrogens (tertiary/aromatic N) is 2. The minimum atomic E-state index is -0.794. The van der Waals surface area contributed by atoms with E-state index >= 15 is 0 Å². The molecule has 1 N–H and O–H groups in total. The van der Waals surface area contributed by atoms with E-state index in [2.05, 4.69) is 9.80 Å². The molecule has 28 heavy (non-hydrogen) atoms. The number of ether oxygens (including phenoxy) is 1. The lowest BCUT2D eigenvalue weighted by Crippen LogP contribution is -2.66. The van der Waals surface area contributed by atoms with Crippen LogP contribution in [0.15, 0.2) is 21.0 Å². The topological polar surface area (TPSA) is 87.2 Å². The zero-order valence-corrected chi connectivity index (χ0v) is 17.5. The van der Waals surface area contributed by atoms with E-state index in [4.69, 9.17) is 4.74 Å². The summed E-state index contributed by atoms with van der Waals surface area (Å²) in [4.78, 5) is 43.9. The third-order valence-corrected chi connectivity index (χ3v) is 8.75. The third kappa shape index (κ3) is 2.22. The average molecular weight is 423 g/mol. The molecule has 7 nitrogen and oxygen atoms in total. The summed E-state index contributed by atoms with van der Waals surface area (Å²) in [6, 6.07) is -0.562. The van der Waals surface area contributed by atoms with E-state index in [0.29, 0.717) is 40.4 Å². The van der Waals surface area contributed by atoms with Gasteiger partial charge in [-0.25, -0.2) is 0 Å². The maximum atomic E-state index is 13.3. The van der Waals surface area contributed by atoms with Gasteiger partial charge >= 0.3 is 5.97 Å². The molecule has 4 heterocycles. The number of hydrogen-bond acceptors (Lipinski definition) is 8. The van der Waals surface area contributed by atoms with Gasteiger partial charge in [0, 0.05) is 23.2 Å². The summed E-state index contributed by atoms with van der Waals surface area (Å²) in [6.45, 7) is 0.379. The number of carboxylic acids is 1. The molecule has 0 aromatic heterocycles. The Morgan fingerprint density at radius 2 is 1.82 bits per heavy atom. The monoisotopic (exact) mass is 422 g/mol. The quantitative estimate of drug-likeness (QED) is 0.668. The molecule has 1 aliphatic carbocycles. The predicted molar refractivity (Wildman–Crippen MR) is 106 cm³/mol. The number of fused-ring (bicyclic) bond motifs is 5. The van der Waals surface area contributed by atoms with Crippen LogP contribution in [0.1, 0.15) is 12.8 Å². The van der Waals surface area contributed by atoms with Crippen molar-refractivity contribution in [2.45, 2.75) is 43.2 Å². The van der Waals surface area contributed by atoms with Gasteiger partial charge in [-0.05, 0) is 32.4 Å². The number of carbonyl (C=O) groups is 3. The van der Waals surface area contributed by atoms with Crippen molar-refractivity contribution in [3.63, 3.8) is 0 Å². The average Bonchev–Trinajstić information content (AvgIpc) is 3.20. The zero-order chi connectivity index (χ0) is 19.9. The molecule has 0 aromatic carbocycles. The Balaban J connectivity index is 1.62. The SMILES string of the molecule is CSC1=C(SC)C(=O)C2=C(C[C@H]3[C@H]4[C@H](C(=O)O)C[C@@H](C5OC[C@@H]2N53)N4C)C1=O.